The number of imide groups is 2. The predicted octanol–water partition coefficient (Wildman–Crippen LogP) is 4.41. The number of hydrogen-bond donors (Lipinski definition) is 3. The summed E-state index contributed by atoms with van der Waals surface area (Å²) in [5.41, 5.74) is 2.55. The number of aromatic hydroxyl groups is 1. The molecule has 3 N–H and O–H groups in total. The molecule has 16 nitrogen and oxygen atoms in total. The lowest BCUT2D eigenvalue weighted by Gasteiger charge is -2.43. The average molecular weight is 909 g/mol. The molecule has 2 atom stereocenters. The van der Waals surface area contributed by atoms with Crippen molar-refractivity contribution in [2.45, 2.75) is 68.1 Å². The molecule has 0 radical (unpaired) electrons. The Morgan fingerprint density at radius 2 is 1.72 bits per heavy atom. The highest BCUT2D eigenvalue weighted by Crippen LogP contribution is 2.39. The fourth-order valence-corrected chi connectivity index (χ4v) is 10.9. The van der Waals surface area contributed by atoms with Crippen LogP contribution in [0.2, 0.25) is 0 Å². The van der Waals surface area contributed by atoms with E-state index in [1.54, 1.807) is 23.6 Å². The number of fused-ring (bicyclic) bond motifs is 2. The van der Waals surface area contributed by atoms with Crippen LogP contribution in [-0.4, -0.2) is 128 Å². The monoisotopic (exact) mass is 908 g/mol. The molecular formula is C45H45FN8O8S2. The summed E-state index contributed by atoms with van der Waals surface area (Å²) in [6.07, 6.45) is 4.42. The van der Waals surface area contributed by atoms with Crippen molar-refractivity contribution in [3.8, 4) is 5.75 Å². The van der Waals surface area contributed by atoms with Crippen LogP contribution in [0.5, 0.6) is 5.75 Å². The summed E-state index contributed by atoms with van der Waals surface area (Å²) >= 11 is 2.61. The molecule has 7 amide bonds. The summed E-state index contributed by atoms with van der Waals surface area (Å²) in [5.74, 6) is -3.49. The van der Waals surface area contributed by atoms with Gasteiger partial charge < -0.3 is 19.8 Å². The zero-order chi connectivity index (χ0) is 44.6. The van der Waals surface area contributed by atoms with E-state index < -0.39 is 53.3 Å². The number of phenolic OH excluding ortho intramolecular Hbond substituents is 1. The highest BCUT2D eigenvalue weighted by atomic mass is 32.2. The maximum Gasteiger partial charge on any atom is 0.263 e. The number of anilines is 2. The van der Waals surface area contributed by atoms with Gasteiger partial charge in [-0.2, -0.15) is 0 Å². The highest BCUT2D eigenvalue weighted by molar-refractivity contribution is 7.99. The van der Waals surface area contributed by atoms with E-state index in [2.05, 4.69) is 25.4 Å². The van der Waals surface area contributed by atoms with Crippen molar-refractivity contribution in [2.75, 3.05) is 55.2 Å². The number of piperazine rings is 1. The molecule has 332 valence electrons. The number of carbonyl (C=O) groups excluding carboxylic acids is 7. The quantitative estimate of drug-likeness (QED) is 0.103. The molecule has 5 aliphatic heterocycles. The molecule has 0 bridgehead atoms. The van der Waals surface area contributed by atoms with Gasteiger partial charge in [0.2, 0.25) is 17.7 Å². The number of benzene rings is 3. The molecule has 1 aromatic heterocycles. The first-order valence-electron chi connectivity index (χ1n) is 21.3. The van der Waals surface area contributed by atoms with Gasteiger partial charge in [0.15, 0.2) is 5.13 Å². The van der Waals surface area contributed by atoms with Gasteiger partial charge in [-0.15, -0.1) is 23.1 Å². The Balaban J connectivity index is 0.743. The summed E-state index contributed by atoms with van der Waals surface area (Å²) in [6.45, 7) is 4.44. The van der Waals surface area contributed by atoms with Crippen LogP contribution in [0.25, 0.3) is 0 Å². The topological polar surface area (TPSA) is 193 Å². The van der Waals surface area contributed by atoms with Crippen molar-refractivity contribution in [1.29, 1.82) is 0 Å². The molecule has 5 aliphatic rings. The molecule has 3 saturated heterocycles. The molecule has 0 spiro atoms. The van der Waals surface area contributed by atoms with E-state index in [4.69, 9.17) is 0 Å². The second-order valence-corrected chi connectivity index (χ2v) is 18.5. The van der Waals surface area contributed by atoms with Gasteiger partial charge in [0.05, 0.1) is 11.1 Å². The van der Waals surface area contributed by atoms with Crippen molar-refractivity contribution in [3.05, 3.63) is 99.8 Å². The summed E-state index contributed by atoms with van der Waals surface area (Å²) in [4.78, 5) is 105. The van der Waals surface area contributed by atoms with E-state index in [9.17, 15) is 43.1 Å². The number of phenols is 1. The summed E-state index contributed by atoms with van der Waals surface area (Å²) in [6, 6.07) is 12.1. The summed E-state index contributed by atoms with van der Waals surface area (Å²) in [7, 11) is 0. The van der Waals surface area contributed by atoms with Crippen molar-refractivity contribution in [3.63, 3.8) is 0 Å². The second kappa shape index (κ2) is 18.1. The lowest BCUT2D eigenvalue weighted by molar-refractivity contribution is -0.136. The van der Waals surface area contributed by atoms with Gasteiger partial charge in [-0.3, -0.25) is 54.0 Å². The van der Waals surface area contributed by atoms with E-state index in [0.717, 1.165) is 67.3 Å². The molecule has 0 aliphatic carbocycles. The average Bonchev–Trinajstić information content (AvgIpc) is 4.00. The zero-order valence-electron chi connectivity index (χ0n) is 34.7. The van der Waals surface area contributed by atoms with Crippen molar-refractivity contribution < 1.29 is 43.1 Å². The van der Waals surface area contributed by atoms with Gasteiger partial charge in [0.1, 0.15) is 23.7 Å². The Morgan fingerprint density at radius 1 is 0.922 bits per heavy atom. The Labute approximate surface area is 375 Å². The number of nitrogens with one attached hydrogen (secondary N) is 2. The molecule has 0 saturated carbocycles. The van der Waals surface area contributed by atoms with Gasteiger partial charge in [0, 0.05) is 98.0 Å². The van der Waals surface area contributed by atoms with Gasteiger partial charge >= 0.3 is 0 Å². The molecule has 3 fully saturated rings. The van der Waals surface area contributed by atoms with Crippen LogP contribution in [-0.2, 0) is 25.7 Å². The lowest BCUT2D eigenvalue weighted by atomic mass is 10.0. The number of hydrogen-bond acceptors (Lipinski definition) is 13. The lowest BCUT2D eigenvalue weighted by Crippen LogP contribution is -2.54. The standard InChI is InChI=1S/C45H45FN8O8S2/c46-27-7-10-34(55)32(23-27)39(41(59)49-45-47-14-22-64-45)53-25-26-6-8-29(24-31(26)42(53)60)50-15-12-28(13-16-50)51-17-19-52(20-18-51)37(57)5-2-21-63-35-4-1-3-30-38(35)44(62)54(43(30)61)33-9-11-36(56)48-40(33)58/h1,3-4,6-8,10,14,22-24,28,33,39,55H,2,5,9,11-13,15-21,25H2,(H,47,49,59)(H,48,56,58). The van der Waals surface area contributed by atoms with Crippen molar-refractivity contribution in [2.24, 2.45) is 0 Å². The minimum absolute atomic E-state index is 0.0210. The van der Waals surface area contributed by atoms with E-state index in [-0.39, 0.29) is 47.7 Å². The Bertz CT molecular complexity index is 2540. The third-order valence-electron chi connectivity index (χ3n) is 12.7. The highest BCUT2D eigenvalue weighted by Gasteiger charge is 2.46. The van der Waals surface area contributed by atoms with Crippen LogP contribution < -0.4 is 15.5 Å². The molecular weight excluding hydrogens is 864 g/mol. The number of amides is 7. The maximum atomic E-state index is 14.4. The fourth-order valence-electron chi connectivity index (χ4n) is 9.36. The minimum Gasteiger partial charge on any atom is -0.508 e. The van der Waals surface area contributed by atoms with Gasteiger partial charge in [-0.25, -0.2) is 9.37 Å². The van der Waals surface area contributed by atoms with Crippen LogP contribution in [0.3, 0.4) is 0 Å². The largest absolute Gasteiger partial charge is 0.508 e. The van der Waals surface area contributed by atoms with E-state index in [1.165, 1.54) is 40.3 Å². The van der Waals surface area contributed by atoms with Gasteiger partial charge in [0.25, 0.3) is 23.6 Å². The third kappa shape index (κ3) is 8.46. The Morgan fingerprint density at radius 3 is 2.47 bits per heavy atom. The number of carbonyl (C=O) groups is 7. The second-order valence-electron chi connectivity index (χ2n) is 16.4. The van der Waals surface area contributed by atoms with Crippen LogP contribution in [0, 0.1) is 5.82 Å². The van der Waals surface area contributed by atoms with Crippen molar-refractivity contribution >= 4 is 75.3 Å². The molecule has 4 aromatic rings. The first-order chi connectivity index (χ1) is 30.9. The Hall–Kier alpha value is -6.18. The van der Waals surface area contributed by atoms with Crippen LogP contribution in [0.1, 0.15) is 86.8 Å². The number of aromatic nitrogens is 1. The first kappa shape index (κ1) is 43.1. The summed E-state index contributed by atoms with van der Waals surface area (Å²) in [5, 5.41) is 17.6. The smallest absolute Gasteiger partial charge is 0.263 e. The molecule has 3 aromatic carbocycles. The third-order valence-corrected chi connectivity index (χ3v) is 14.5. The molecule has 64 heavy (non-hydrogen) atoms. The summed E-state index contributed by atoms with van der Waals surface area (Å²) < 4.78 is 14.4. The minimum atomic E-state index is -1.31. The molecule has 19 heteroatoms. The number of halogens is 1. The number of piperidine rings is 2. The molecule has 2 unspecified atom stereocenters. The first-order valence-corrected chi connectivity index (χ1v) is 23.2. The number of thioether (sulfide) groups is 1. The number of rotatable bonds is 12. The van der Waals surface area contributed by atoms with Gasteiger partial charge in [-0.05, 0) is 79.5 Å². The molecule has 9 rings (SSSR count). The predicted molar refractivity (Wildman–Crippen MR) is 234 cm³/mol. The maximum absolute atomic E-state index is 14.4. The SMILES string of the molecule is O=C1CCC(N2C(=O)c3cccc(SCCCC(=O)N4CCN(C5CCN(c6ccc7c(c6)C(=O)N(C(C(=O)Nc6nccs6)c6cc(F)ccc6O)C7)CC5)CC4)c3C2=O)C(=O)N1. The Kier molecular flexibility index (Phi) is 12.2. The van der Waals surface area contributed by atoms with Crippen LogP contribution in [0.15, 0.2) is 71.1 Å². The zero-order valence-corrected chi connectivity index (χ0v) is 36.3. The van der Waals surface area contributed by atoms with Crippen LogP contribution in [0.4, 0.5) is 15.2 Å². The van der Waals surface area contributed by atoms with Crippen LogP contribution >= 0.6 is 23.1 Å². The number of thiazole rings is 1. The normalized spacial score (nSPS) is 19.8. The van der Waals surface area contributed by atoms with E-state index >= 15 is 0 Å². The van der Waals surface area contributed by atoms with Crippen molar-refractivity contribution in [1.82, 2.24) is 29.9 Å². The number of nitrogens with zero attached hydrogens (tertiary/aromatic N) is 6. The van der Waals surface area contributed by atoms with E-state index in [1.807, 2.05) is 23.1 Å². The van der Waals surface area contributed by atoms with E-state index in [0.29, 0.717) is 53.3 Å². The molecule has 6 heterocycles. The fraction of sp³-hybridized carbons (Fsp3) is 0.378. The van der Waals surface area contributed by atoms with Gasteiger partial charge in [-0.1, -0.05) is 12.1 Å².